The number of hydrogen-bond acceptors (Lipinski definition) is 0. The molecule has 0 amide bonds. The largest absolute Gasteiger partial charge is 0.0764 e. The molecule has 0 N–H and O–H groups in total. The van der Waals surface area contributed by atoms with Crippen molar-refractivity contribution >= 4 is 0 Å². The highest BCUT2D eigenvalue weighted by Crippen LogP contribution is 2.48. The van der Waals surface area contributed by atoms with E-state index in [4.69, 9.17) is 0 Å². The summed E-state index contributed by atoms with van der Waals surface area (Å²) < 4.78 is 0. The molecule has 0 saturated carbocycles. The summed E-state index contributed by atoms with van der Waals surface area (Å²) in [5, 5.41) is 0. The number of allylic oxidation sites excluding steroid dienone is 6. The highest BCUT2D eigenvalue weighted by Gasteiger charge is 2.29. The monoisotopic (exact) mass is 272 g/mol. The summed E-state index contributed by atoms with van der Waals surface area (Å²) in [6.45, 7) is 4.58. The lowest BCUT2D eigenvalue weighted by atomic mass is 9.69. The Hall–Kier alpha value is -0.780. The molecule has 0 spiro atoms. The number of rotatable bonds is 8. The van der Waals surface area contributed by atoms with Gasteiger partial charge in [-0.3, -0.25) is 0 Å². The molecule has 2 aliphatic carbocycles. The fraction of sp³-hybridized carbons (Fsp3) is 0.700. The molecule has 20 heavy (non-hydrogen) atoms. The summed E-state index contributed by atoms with van der Waals surface area (Å²) in [5.41, 5.74) is 6.75. The van der Waals surface area contributed by atoms with Crippen LogP contribution in [0.3, 0.4) is 0 Å². The Labute approximate surface area is 126 Å². The zero-order chi connectivity index (χ0) is 14.2. The fourth-order valence-corrected chi connectivity index (χ4v) is 3.51. The third kappa shape index (κ3) is 3.87. The second-order valence-electron chi connectivity index (χ2n) is 6.39. The van der Waals surface area contributed by atoms with Crippen LogP contribution in [0.5, 0.6) is 0 Å². The van der Waals surface area contributed by atoms with E-state index in [1.54, 1.807) is 22.3 Å². The Balaban J connectivity index is 1.98. The molecule has 0 heteroatoms. The smallest absolute Gasteiger partial charge is 0.0189 e. The van der Waals surface area contributed by atoms with E-state index in [1.807, 2.05) is 0 Å². The van der Waals surface area contributed by atoms with Gasteiger partial charge in [0.25, 0.3) is 0 Å². The topological polar surface area (TPSA) is 0 Å². The van der Waals surface area contributed by atoms with Crippen LogP contribution < -0.4 is 0 Å². The van der Waals surface area contributed by atoms with Crippen LogP contribution in [0.2, 0.25) is 0 Å². The summed E-state index contributed by atoms with van der Waals surface area (Å²) in [5.74, 6) is 0. The molecule has 0 aliphatic heterocycles. The maximum Gasteiger partial charge on any atom is -0.0189 e. The van der Waals surface area contributed by atoms with Crippen LogP contribution in [0.15, 0.2) is 34.4 Å². The number of unbranched alkanes of at least 4 members (excludes halogenated alkanes) is 6. The second kappa shape index (κ2) is 8.49. The molecule has 0 nitrogen and oxygen atoms in total. The van der Waals surface area contributed by atoms with Gasteiger partial charge in [-0.2, -0.15) is 0 Å². The lowest BCUT2D eigenvalue weighted by Gasteiger charge is -2.35. The van der Waals surface area contributed by atoms with E-state index in [0.29, 0.717) is 0 Å². The summed E-state index contributed by atoms with van der Waals surface area (Å²) >= 11 is 0. The van der Waals surface area contributed by atoms with Crippen molar-refractivity contribution in [3.05, 3.63) is 34.4 Å². The molecule has 0 saturated heterocycles. The van der Waals surface area contributed by atoms with Crippen molar-refractivity contribution in [1.82, 2.24) is 0 Å². The molecule has 0 aromatic heterocycles. The van der Waals surface area contributed by atoms with Crippen molar-refractivity contribution in [3.63, 3.8) is 0 Å². The van der Waals surface area contributed by atoms with E-state index in [9.17, 15) is 0 Å². The zero-order valence-corrected chi connectivity index (χ0v) is 13.6. The first-order valence-electron chi connectivity index (χ1n) is 9.02. The van der Waals surface area contributed by atoms with Crippen LogP contribution in [-0.4, -0.2) is 0 Å². The van der Waals surface area contributed by atoms with Crippen molar-refractivity contribution in [2.75, 3.05) is 0 Å². The third-order valence-electron chi connectivity index (χ3n) is 4.72. The van der Waals surface area contributed by atoms with E-state index in [2.05, 4.69) is 26.0 Å². The predicted molar refractivity (Wildman–Crippen MR) is 89.9 cm³/mol. The molecule has 0 unspecified atom stereocenters. The van der Waals surface area contributed by atoms with E-state index in [-0.39, 0.29) is 0 Å². The summed E-state index contributed by atoms with van der Waals surface area (Å²) in [4.78, 5) is 0. The summed E-state index contributed by atoms with van der Waals surface area (Å²) in [6.07, 6.45) is 21.3. The molecule has 2 aliphatic rings. The molecule has 0 aromatic rings. The van der Waals surface area contributed by atoms with Crippen molar-refractivity contribution in [1.29, 1.82) is 0 Å². The van der Waals surface area contributed by atoms with Gasteiger partial charge in [0, 0.05) is 0 Å². The first-order chi connectivity index (χ1) is 9.88. The average Bonchev–Trinajstić information content (AvgIpc) is 2.47. The van der Waals surface area contributed by atoms with Gasteiger partial charge in [-0.25, -0.2) is 0 Å². The molecule has 0 bridgehead atoms. The Kier molecular flexibility index (Phi) is 6.63. The van der Waals surface area contributed by atoms with Crippen LogP contribution in [-0.2, 0) is 0 Å². The van der Waals surface area contributed by atoms with Gasteiger partial charge in [-0.15, -0.1) is 0 Å². The van der Waals surface area contributed by atoms with E-state index in [1.165, 1.54) is 77.0 Å². The predicted octanol–water partition coefficient (Wildman–Crippen LogP) is 6.88. The average molecular weight is 272 g/mol. The van der Waals surface area contributed by atoms with Gasteiger partial charge in [0.2, 0.25) is 0 Å². The Bertz CT molecular complexity index is 354. The van der Waals surface area contributed by atoms with Crippen molar-refractivity contribution in [3.8, 4) is 0 Å². The van der Waals surface area contributed by atoms with Gasteiger partial charge in [-0.05, 0) is 73.7 Å². The Morgan fingerprint density at radius 1 is 0.700 bits per heavy atom. The van der Waals surface area contributed by atoms with Crippen LogP contribution in [0.1, 0.15) is 90.9 Å². The first-order valence-corrected chi connectivity index (χ1v) is 9.02. The zero-order valence-electron chi connectivity index (χ0n) is 13.6. The molecule has 0 radical (unpaired) electrons. The van der Waals surface area contributed by atoms with Gasteiger partial charge in [-0.1, -0.05) is 51.7 Å². The van der Waals surface area contributed by atoms with E-state index >= 15 is 0 Å². The normalized spacial score (nSPS) is 22.3. The maximum absolute atomic E-state index is 2.55. The summed E-state index contributed by atoms with van der Waals surface area (Å²) in [6, 6.07) is 0. The quantitative estimate of drug-likeness (QED) is 0.422. The lowest BCUT2D eigenvalue weighted by Crippen LogP contribution is -2.16. The molecule has 0 fully saturated rings. The van der Waals surface area contributed by atoms with Gasteiger partial charge in [0.15, 0.2) is 0 Å². The van der Waals surface area contributed by atoms with Crippen molar-refractivity contribution < 1.29 is 0 Å². The molecule has 2 rings (SSSR count). The molecule has 112 valence electrons. The molecule has 0 atom stereocenters. The van der Waals surface area contributed by atoms with Gasteiger partial charge in [0.05, 0.1) is 0 Å². The molecule has 0 aromatic carbocycles. The van der Waals surface area contributed by atoms with Crippen molar-refractivity contribution in [2.24, 2.45) is 0 Å². The van der Waals surface area contributed by atoms with Gasteiger partial charge < -0.3 is 0 Å². The Morgan fingerprint density at radius 2 is 1.15 bits per heavy atom. The van der Waals surface area contributed by atoms with Gasteiger partial charge in [0.1, 0.15) is 0 Å². The standard InChI is InChI=1S/C20H32/c1-3-5-7-9-13-17-18(14-10-8-6-4-2)20-16-12-11-15-19(17)20/h13-14H,3-12,15-16H2,1-2H3/b17-13-,18-14+. The molecular formula is C20H32. The highest BCUT2D eigenvalue weighted by atomic mass is 14.3. The second-order valence-corrected chi connectivity index (χ2v) is 6.39. The van der Waals surface area contributed by atoms with Gasteiger partial charge >= 0.3 is 0 Å². The molecule has 0 heterocycles. The minimum Gasteiger partial charge on any atom is -0.0764 e. The van der Waals surface area contributed by atoms with E-state index < -0.39 is 0 Å². The third-order valence-corrected chi connectivity index (χ3v) is 4.72. The van der Waals surface area contributed by atoms with E-state index in [0.717, 1.165) is 0 Å². The minimum atomic E-state index is 1.28. The van der Waals surface area contributed by atoms with Crippen LogP contribution in [0.25, 0.3) is 0 Å². The summed E-state index contributed by atoms with van der Waals surface area (Å²) in [7, 11) is 0. The Morgan fingerprint density at radius 3 is 1.55 bits per heavy atom. The SMILES string of the molecule is CCCCC/C=C1C2=C(CCCC2)C\1=C\CCCCC. The highest BCUT2D eigenvalue weighted by molar-refractivity contribution is 5.70. The van der Waals surface area contributed by atoms with Crippen LogP contribution in [0.4, 0.5) is 0 Å². The van der Waals surface area contributed by atoms with Crippen molar-refractivity contribution in [2.45, 2.75) is 90.9 Å². The lowest BCUT2D eigenvalue weighted by molar-refractivity contribution is 0.657. The van der Waals surface area contributed by atoms with Crippen LogP contribution >= 0.6 is 0 Å². The maximum atomic E-state index is 2.55. The first kappa shape index (κ1) is 15.6. The fourth-order valence-electron chi connectivity index (χ4n) is 3.51. The molecular weight excluding hydrogens is 240 g/mol. The minimum absolute atomic E-state index is 1.28. The van der Waals surface area contributed by atoms with Crippen LogP contribution in [0, 0.1) is 0 Å². The number of hydrogen-bond donors (Lipinski definition) is 0.